The molecule has 130 valence electrons. The lowest BCUT2D eigenvalue weighted by molar-refractivity contribution is 0.0953. The van der Waals surface area contributed by atoms with Gasteiger partial charge in [0.15, 0.2) is 0 Å². The first-order valence-electron chi connectivity index (χ1n) is 8.05. The smallest absolute Gasteiger partial charge is 0.263 e. The zero-order chi connectivity index (χ0) is 18.1. The van der Waals surface area contributed by atoms with Gasteiger partial charge in [-0.1, -0.05) is 35.9 Å². The van der Waals surface area contributed by atoms with Gasteiger partial charge in [-0.3, -0.25) is 4.79 Å². The lowest BCUT2D eigenvalue weighted by Gasteiger charge is -2.01. The van der Waals surface area contributed by atoms with Gasteiger partial charge < -0.3 is 10.3 Å². The highest BCUT2D eigenvalue weighted by Crippen LogP contribution is 2.29. The van der Waals surface area contributed by atoms with Gasteiger partial charge in [-0.2, -0.15) is 0 Å². The van der Waals surface area contributed by atoms with Crippen molar-refractivity contribution in [2.45, 2.75) is 13.5 Å². The van der Waals surface area contributed by atoms with Gasteiger partial charge in [-0.05, 0) is 31.2 Å². The van der Waals surface area contributed by atoms with Crippen LogP contribution in [-0.2, 0) is 6.54 Å². The number of aryl methyl sites for hydroxylation is 1. The Kier molecular flexibility index (Phi) is 4.44. The Bertz CT molecular complexity index is 1070. The van der Waals surface area contributed by atoms with E-state index in [1.165, 1.54) is 11.3 Å². The molecule has 0 saturated carbocycles. The van der Waals surface area contributed by atoms with Crippen LogP contribution in [0.25, 0.3) is 21.6 Å². The van der Waals surface area contributed by atoms with Crippen molar-refractivity contribution in [1.29, 1.82) is 0 Å². The van der Waals surface area contributed by atoms with Crippen molar-refractivity contribution in [2.75, 3.05) is 0 Å². The molecular formula is C19H15ClN4OS. The van der Waals surface area contributed by atoms with Gasteiger partial charge >= 0.3 is 0 Å². The number of carbonyl (C=O) groups excluding carboxylic acids is 1. The van der Waals surface area contributed by atoms with E-state index in [1.54, 1.807) is 0 Å². The zero-order valence-electron chi connectivity index (χ0n) is 13.9. The summed E-state index contributed by atoms with van der Waals surface area (Å²) in [4.78, 5) is 25.3. The zero-order valence-corrected chi connectivity index (χ0v) is 15.5. The molecule has 2 N–H and O–H groups in total. The maximum atomic E-state index is 12.6. The molecule has 2 heterocycles. The van der Waals surface area contributed by atoms with Crippen LogP contribution >= 0.6 is 22.9 Å². The van der Waals surface area contributed by atoms with Crippen LogP contribution in [0.15, 0.2) is 48.5 Å². The minimum absolute atomic E-state index is 0.159. The quantitative estimate of drug-likeness (QED) is 0.542. The van der Waals surface area contributed by atoms with E-state index in [2.05, 4.69) is 20.3 Å². The van der Waals surface area contributed by atoms with E-state index in [0.29, 0.717) is 22.1 Å². The normalized spacial score (nSPS) is 11.0. The van der Waals surface area contributed by atoms with Crippen LogP contribution in [0.5, 0.6) is 0 Å². The van der Waals surface area contributed by atoms with Crippen molar-refractivity contribution in [1.82, 2.24) is 20.3 Å². The van der Waals surface area contributed by atoms with Crippen LogP contribution < -0.4 is 5.32 Å². The number of nitrogens with one attached hydrogen (secondary N) is 2. The fraction of sp³-hybridized carbons (Fsp3) is 0.105. The molecule has 1 amide bonds. The molecule has 5 nitrogen and oxygen atoms in total. The highest BCUT2D eigenvalue weighted by atomic mass is 35.5. The van der Waals surface area contributed by atoms with Crippen molar-refractivity contribution in [3.63, 3.8) is 0 Å². The molecule has 0 aliphatic carbocycles. The summed E-state index contributed by atoms with van der Waals surface area (Å²) in [5.74, 6) is 0.561. The molecule has 2 aromatic heterocycles. The molecule has 2 aromatic carbocycles. The Morgan fingerprint density at radius 2 is 2.04 bits per heavy atom. The summed E-state index contributed by atoms with van der Waals surface area (Å²) < 4.78 is 0. The molecule has 0 aliphatic rings. The molecule has 4 aromatic rings. The third-order valence-corrected chi connectivity index (χ3v) is 5.37. The van der Waals surface area contributed by atoms with Crippen LogP contribution in [-0.4, -0.2) is 20.9 Å². The fourth-order valence-corrected chi connectivity index (χ4v) is 3.85. The summed E-state index contributed by atoms with van der Waals surface area (Å²) in [5, 5.41) is 4.33. The lowest BCUT2D eigenvalue weighted by atomic mass is 10.2. The van der Waals surface area contributed by atoms with E-state index in [9.17, 15) is 4.79 Å². The second-order valence-corrected chi connectivity index (χ2v) is 7.26. The molecular weight excluding hydrogens is 368 g/mol. The number of aromatic amines is 1. The van der Waals surface area contributed by atoms with E-state index in [4.69, 9.17) is 11.6 Å². The standard InChI is InChI=1S/C19H15ClN4OS/c1-11-17(26-19(22-11)12-5-4-6-13(20)9-12)18(25)21-10-16-23-14-7-2-3-8-15(14)24-16/h2-9H,10H2,1H3,(H,21,25)(H,23,24). The van der Waals surface area contributed by atoms with Crippen LogP contribution in [0.1, 0.15) is 21.2 Å². The number of H-pyrrole nitrogens is 1. The number of imidazole rings is 1. The Morgan fingerprint density at radius 3 is 2.85 bits per heavy atom. The fourth-order valence-electron chi connectivity index (χ4n) is 2.69. The monoisotopic (exact) mass is 382 g/mol. The van der Waals surface area contributed by atoms with E-state index in [0.717, 1.165) is 27.4 Å². The third kappa shape index (κ3) is 3.34. The van der Waals surface area contributed by atoms with Crippen molar-refractivity contribution in [2.24, 2.45) is 0 Å². The largest absolute Gasteiger partial charge is 0.344 e. The van der Waals surface area contributed by atoms with Gasteiger partial charge in [-0.25, -0.2) is 9.97 Å². The van der Waals surface area contributed by atoms with E-state index in [1.807, 2.05) is 55.5 Å². The maximum absolute atomic E-state index is 12.6. The maximum Gasteiger partial charge on any atom is 0.263 e. The summed E-state index contributed by atoms with van der Waals surface area (Å²) in [6, 6.07) is 15.2. The summed E-state index contributed by atoms with van der Waals surface area (Å²) in [6.45, 7) is 2.16. The van der Waals surface area contributed by atoms with Crippen molar-refractivity contribution in [3.8, 4) is 10.6 Å². The van der Waals surface area contributed by atoms with E-state index in [-0.39, 0.29) is 5.91 Å². The highest BCUT2D eigenvalue weighted by Gasteiger charge is 2.16. The number of nitrogens with zero attached hydrogens (tertiary/aromatic N) is 2. The number of benzene rings is 2. The van der Waals surface area contributed by atoms with E-state index < -0.39 is 0 Å². The first kappa shape index (κ1) is 16.8. The number of para-hydroxylation sites is 2. The number of thiazole rings is 1. The number of aromatic nitrogens is 3. The Balaban J connectivity index is 1.51. The molecule has 0 bridgehead atoms. The third-order valence-electron chi connectivity index (χ3n) is 3.93. The molecule has 0 spiro atoms. The number of rotatable bonds is 4. The summed E-state index contributed by atoms with van der Waals surface area (Å²) >= 11 is 7.40. The van der Waals surface area contributed by atoms with Gasteiger partial charge in [-0.15, -0.1) is 11.3 Å². The molecule has 7 heteroatoms. The first-order valence-corrected chi connectivity index (χ1v) is 9.25. The van der Waals surface area contributed by atoms with Gasteiger partial charge in [0.2, 0.25) is 0 Å². The molecule has 0 unspecified atom stereocenters. The van der Waals surface area contributed by atoms with E-state index >= 15 is 0 Å². The van der Waals surface area contributed by atoms with Gasteiger partial charge in [0.1, 0.15) is 15.7 Å². The second-order valence-electron chi connectivity index (χ2n) is 5.83. The van der Waals surface area contributed by atoms with Crippen LogP contribution in [0.2, 0.25) is 5.02 Å². The molecule has 0 atom stereocenters. The Labute approximate surface area is 159 Å². The number of hydrogen-bond donors (Lipinski definition) is 2. The molecule has 0 aliphatic heterocycles. The SMILES string of the molecule is Cc1nc(-c2cccc(Cl)c2)sc1C(=O)NCc1nc2ccccc2[nH]1. The average molecular weight is 383 g/mol. The van der Waals surface area contributed by atoms with Crippen molar-refractivity contribution in [3.05, 3.63) is 69.9 Å². The Hall–Kier alpha value is -2.70. The molecule has 0 saturated heterocycles. The lowest BCUT2D eigenvalue weighted by Crippen LogP contribution is -2.23. The molecule has 4 rings (SSSR count). The van der Waals surface area contributed by atoms with Crippen molar-refractivity contribution >= 4 is 39.9 Å². The molecule has 26 heavy (non-hydrogen) atoms. The predicted molar refractivity (Wildman–Crippen MR) is 105 cm³/mol. The molecule has 0 radical (unpaired) electrons. The van der Waals surface area contributed by atoms with Crippen LogP contribution in [0, 0.1) is 6.92 Å². The number of hydrogen-bond acceptors (Lipinski definition) is 4. The number of fused-ring (bicyclic) bond motifs is 1. The number of halogens is 1. The van der Waals surface area contributed by atoms with Gasteiger partial charge in [0, 0.05) is 10.6 Å². The summed E-state index contributed by atoms with van der Waals surface area (Å²) in [6.07, 6.45) is 0. The first-order chi connectivity index (χ1) is 12.6. The average Bonchev–Trinajstić information content (AvgIpc) is 3.23. The predicted octanol–water partition coefficient (Wildman–Crippen LogP) is 4.58. The molecule has 0 fully saturated rings. The summed E-state index contributed by atoms with van der Waals surface area (Å²) in [5.41, 5.74) is 3.44. The summed E-state index contributed by atoms with van der Waals surface area (Å²) in [7, 11) is 0. The number of carbonyl (C=O) groups is 1. The minimum Gasteiger partial charge on any atom is -0.344 e. The number of amides is 1. The van der Waals surface area contributed by atoms with Gasteiger partial charge in [0.25, 0.3) is 5.91 Å². The topological polar surface area (TPSA) is 70.7 Å². The highest BCUT2D eigenvalue weighted by molar-refractivity contribution is 7.17. The van der Waals surface area contributed by atoms with Crippen LogP contribution in [0.4, 0.5) is 0 Å². The minimum atomic E-state index is -0.159. The van der Waals surface area contributed by atoms with Crippen LogP contribution in [0.3, 0.4) is 0 Å². The Morgan fingerprint density at radius 1 is 1.19 bits per heavy atom. The second kappa shape index (κ2) is 6.90. The van der Waals surface area contributed by atoms with Crippen molar-refractivity contribution < 1.29 is 4.79 Å². The van der Waals surface area contributed by atoms with Gasteiger partial charge in [0.05, 0.1) is 23.3 Å².